The van der Waals surface area contributed by atoms with E-state index in [1.54, 1.807) is 0 Å². The van der Waals surface area contributed by atoms with Gasteiger partial charge in [-0.1, -0.05) is 0 Å². The first-order valence-corrected chi connectivity index (χ1v) is 5.61. The number of aliphatic hydroxyl groups excluding tert-OH is 1. The molecule has 1 unspecified atom stereocenters. The Bertz CT molecular complexity index is 560. The van der Waals surface area contributed by atoms with Gasteiger partial charge in [0.25, 0.3) is 5.56 Å². The maximum Gasteiger partial charge on any atom is 0.330 e. The molecule has 1 aromatic rings. The molecule has 0 aliphatic rings. The van der Waals surface area contributed by atoms with E-state index in [0.29, 0.717) is 0 Å². The molecule has 0 fully saturated rings. The van der Waals surface area contributed by atoms with Gasteiger partial charge in [0.15, 0.2) is 0 Å². The monoisotopic (exact) mass is 271 g/mol. The maximum absolute atomic E-state index is 11.4. The third-order valence-corrected chi connectivity index (χ3v) is 2.92. The summed E-state index contributed by atoms with van der Waals surface area (Å²) in [6.45, 7) is 2.43. The summed E-state index contributed by atoms with van der Waals surface area (Å²) in [5, 5.41) is 9.22. The van der Waals surface area contributed by atoms with E-state index < -0.39 is 35.3 Å². The Labute approximate surface area is 108 Å². The van der Waals surface area contributed by atoms with Gasteiger partial charge in [-0.3, -0.25) is 19.1 Å². The lowest BCUT2D eigenvalue weighted by Gasteiger charge is -2.29. The van der Waals surface area contributed by atoms with Crippen LogP contribution in [0.1, 0.15) is 13.8 Å². The third-order valence-electron chi connectivity index (χ3n) is 2.92. The van der Waals surface area contributed by atoms with E-state index in [2.05, 4.69) is 4.98 Å². The summed E-state index contributed by atoms with van der Waals surface area (Å²) < 4.78 is 6.41. The minimum absolute atomic E-state index is 0.211. The van der Waals surface area contributed by atoms with Crippen molar-refractivity contribution in [3.05, 3.63) is 33.1 Å². The molecule has 0 saturated carbocycles. The third kappa shape index (κ3) is 3.52. The first-order valence-electron chi connectivity index (χ1n) is 5.61. The second-order valence-corrected chi connectivity index (χ2v) is 4.63. The fourth-order valence-electron chi connectivity index (χ4n) is 1.36. The number of nitrogens with one attached hydrogen (secondary N) is 1. The van der Waals surface area contributed by atoms with E-state index in [9.17, 15) is 19.5 Å². The molecule has 19 heavy (non-hydrogen) atoms. The molecule has 1 aromatic heterocycles. The Kier molecular flexibility index (Phi) is 4.62. The van der Waals surface area contributed by atoms with Gasteiger partial charge < -0.3 is 15.6 Å². The Morgan fingerprint density at radius 2 is 2.21 bits per heavy atom. The maximum atomic E-state index is 11.4. The zero-order chi connectivity index (χ0) is 14.6. The van der Waals surface area contributed by atoms with E-state index in [-0.39, 0.29) is 6.73 Å². The van der Waals surface area contributed by atoms with Crippen LogP contribution in [0.4, 0.5) is 0 Å². The fourth-order valence-corrected chi connectivity index (χ4v) is 1.36. The summed E-state index contributed by atoms with van der Waals surface area (Å²) in [7, 11) is 0. The standard InChI is InChI=1S/C11H17N3O5/c1-11(2,9(12)17)7(5-15)19-6-14-4-3-8(16)13-10(14)18/h3-4,7,15H,5-6H2,1-2H3,(H2,12,17)(H,13,16,18). The van der Waals surface area contributed by atoms with Gasteiger partial charge >= 0.3 is 5.69 Å². The predicted molar refractivity (Wildman–Crippen MR) is 66.3 cm³/mol. The lowest BCUT2D eigenvalue weighted by atomic mass is 9.86. The second kappa shape index (κ2) is 5.81. The molecular weight excluding hydrogens is 254 g/mol. The Morgan fingerprint density at radius 3 is 2.68 bits per heavy atom. The average Bonchev–Trinajstić information content (AvgIpc) is 2.31. The fraction of sp³-hybridized carbons (Fsp3) is 0.545. The molecule has 1 amide bonds. The second-order valence-electron chi connectivity index (χ2n) is 4.63. The van der Waals surface area contributed by atoms with Crippen molar-refractivity contribution in [1.29, 1.82) is 0 Å². The van der Waals surface area contributed by atoms with Crippen LogP contribution in [0.2, 0.25) is 0 Å². The molecule has 1 heterocycles. The van der Waals surface area contributed by atoms with Gasteiger partial charge in [0.1, 0.15) is 6.73 Å². The smallest absolute Gasteiger partial charge is 0.330 e. The van der Waals surface area contributed by atoms with Crippen molar-refractivity contribution in [3.63, 3.8) is 0 Å². The zero-order valence-electron chi connectivity index (χ0n) is 10.8. The number of ether oxygens (including phenoxy) is 1. The lowest BCUT2D eigenvalue weighted by molar-refractivity contribution is -0.142. The highest BCUT2D eigenvalue weighted by Gasteiger charge is 2.35. The number of aromatic nitrogens is 2. The van der Waals surface area contributed by atoms with Crippen LogP contribution in [-0.4, -0.2) is 33.3 Å². The molecule has 0 bridgehead atoms. The molecule has 106 valence electrons. The largest absolute Gasteiger partial charge is 0.394 e. The van der Waals surface area contributed by atoms with Gasteiger partial charge in [0, 0.05) is 12.3 Å². The van der Waals surface area contributed by atoms with Gasteiger partial charge in [0.05, 0.1) is 18.1 Å². The van der Waals surface area contributed by atoms with Crippen molar-refractivity contribution in [2.24, 2.45) is 11.1 Å². The summed E-state index contributed by atoms with van der Waals surface area (Å²) in [6.07, 6.45) is 0.399. The Balaban J connectivity index is 2.82. The van der Waals surface area contributed by atoms with Crippen molar-refractivity contribution < 1.29 is 14.6 Å². The van der Waals surface area contributed by atoms with E-state index in [0.717, 1.165) is 10.6 Å². The molecule has 0 saturated heterocycles. The number of nitrogens with two attached hydrogens (primary N) is 1. The molecule has 8 heteroatoms. The zero-order valence-corrected chi connectivity index (χ0v) is 10.8. The van der Waals surface area contributed by atoms with E-state index in [1.165, 1.54) is 20.0 Å². The molecule has 0 radical (unpaired) electrons. The quantitative estimate of drug-likeness (QED) is 0.573. The van der Waals surface area contributed by atoms with Crippen LogP contribution in [0.5, 0.6) is 0 Å². The minimum atomic E-state index is -1.08. The van der Waals surface area contributed by atoms with Crippen molar-refractivity contribution in [2.75, 3.05) is 6.61 Å². The van der Waals surface area contributed by atoms with Crippen molar-refractivity contribution >= 4 is 5.91 Å². The predicted octanol–water partition coefficient (Wildman–Crippen LogP) is -1.62. The first kappa shape index (κ1) is 15.1. The topological polar surface area (TPSA) is 127 Å². The van der Waals surface area contributed by atoms with E-state index in [4.69, 9.17) is 10.5 Å². The van der Waals surface area contributed by atoms with Crippen molar-refractivity contribution in [1.82, 2.24) is 9.55 Å². The number of amides is 1. The van der Waals surface area contributed by atoms with Crippen LogP contribution in [0, 0.1) is 5.41 Å². The number of hydrogen-bond acceptors (Lipinski definition) is 5. The average molecular weight is 271 g/mol. The molecule has 1 rings (SSSR count). The van der Waals surface area contributed by atoms with Gasteiger partial charge in [-0.05, 0) is 13.8 Å². The summed E-state index contributed by atoms with van der Waals surface area (Å²) in [5.74, 6) is -0.625. The highest BCUT2D eigenvalue weighted by Crippen LogP contribution is 2.22. The van der Waals surface area contributed by atoms with Crippen molar-refractivity contribution in [2.45, 2.75) is 26.7 Å². The number of hydrogen-bond donors (Lipinski definition) is 3. The van der Waals surface area contributed by atoms with Crippen LogP contribution in [0.3, 0.4) is 0 Å². The first-order chi connectivity index (χ1) is 8.78. The summed E-state index contributed by atoms with van der Waals surface area (Å²) in [6, 6.07) is 1.16. The summed E-state index contributed by atoms with van der Waals surface area (Å²) in [5.41, 5.74) is 2.98. The minimum Gasteiger partial charge on any atom is -0.394 e. The van der Waals surface area contributed by atoms with Gasteiger partial charge in [-0.15, -0.1) is 0 Å². The van der Waals surface area contributed by atoms with Gasteiger partial charge in [-0.2, -0.15) is 0 Å². The number of H-pyrrole nitrogens is 1. The SMILES string of the molecule is CC(C)(C(N)=O)C(CO)OCn1ccc(=O)[nH]c1=O. The van der Waals surface area contributed by atoms with E-state index >= 15 is 0 Å². The molecular formula is C11H17N3O5. The van der Waals surface area contributed by atoms with Crippen molar-refractivity contribution in [3.8, 4) is 0 Å². The highest BCUT2D eigenvalue weighted by molar-refractivity contribution is 5.80. The van der Waals surface area contributed by atoms with Crippen LogP contribution in [-0.2, 0) is 16.3 Å². The van der Waals surface area contributed by atoms with E-state index in [1.807, 2.05) is 0 Å². The summed E-state index contributed by atoms with van der Waals surface area (Å²) >= 11 is 0. The molecule has 0 spiro atoms. The van der Waals surface area contributed by atoms with Crippen LogP contribution in [0.25, 0.3) is 0 Å². The molecule has 1 atom stereocenters. The molecule has 0 aromatic carbocycles. The normalized spacial score (nSPS) is 13.2. The Hall–Kier alpha value is -1.93. The number of carbonyl (C=O) groups is 1. The molecule has 8 nitrogen and oxygen atoms in total. The van der Waals surface area contributed by atoms with Gasteiger partial charge in [0.2, 0.25) is 5.91 Å². The number of aliphatic hydroxyl groups is 1. The van der Waals surface area contributed by atoms with Gasteiger partial charge in [-0.25, -0.2) is 4.79 Å². The number of primary amides is 1. The van der Waals surface area contributed by atoms with Crippen LogP contribution < -0.4 is 17.0 Å². The number of carbonyl (C=O) groups excluding carboxylic acids is 1. The lowest BCUT2D eigenvalue weighted by Crippen LogP contribution is -2.45. The van der Waals surface area contributed by atoms with Crippen LogP contribution in [0.15, 0.2) is 21.9 Å². The molecule has 0 aliphatic heterocycles. The molecule has 4 N–H and O–H groups in total. The number of rotatable bonds is 6. The number of aromatic amines is 1. The molecule has 0 aliphatic carbocycles. The Morgan fingerprint density at radius 1 is 1.58 bits per heavy atom. The van der Waals surface area contributed by atoms with Crippen LogP contribution >= 0.6 is 0 Å². The number of nitrogens with zero attached hydrogens (tertiary/aromatic N) is 1. The summed E-state index contributed by atoms with van der Waals surface area (Å²) in [4.78, 5) is 35.6. The highest BCUT2D eigenvalue weighted by atomic mass is 16.5.